The van der Waals surface area contributed by atoms with Crippen LogP contribution in [0.15, 0.2) is 30.3 Å². The summed E-state index contributed by atoms with van der Waals surface area (Å²) >= 11 is 24.4. The predicted molar refractivity (Wildman–Crippen MR) is 114 cm³/mol. The van der Waals surface area contributed by atoms with Gasteiger partial charge in [0.05, 0.1) is 11.2 Å². The van der Waals surface area contributed by atoms with E-state index in [9.17, 15) is 14.4 Å². The highest BCUT2D eigenvalue weighted by atomic mass is 35.6. The highest BCUT2D eigenvalue weighted by Gasteiger charge is 2.65. The third-order valence-electron chi connectivity index (χ3n) is 4.72. The summed E-state index contributed by atoms with van der Waals surface area (Å²) in [6.45, 7) is 1.32. The van der Waals surface area contributed by atoms with Crippen molar-refractivity contribution in [2.45, 2.75) is 39.3 Å². The van der Waals surface area contributed by atoms with Gasteiger partial charge in [0.15, 0.2) is 0 Å². The first-order chi connectivity index (χ1) is 13.6. The maximum atomic E-state index is 12.7. The van der Waals surface area contributed by atoms with Crippen LogP contribution in [0.1, 0.15) is 12.5 Å². The van der Waals surface area contributed by atoms with Crippen molar-refractivity contribution >= 4 is 75.9 Å². The minimum absolute atomic E-state index is 0.0934. The van der Waals surface area contributed by atoms with Crippen molar-refractivity contribution < 1.29 is 19.1 Å². The molecule has 0 radical (unpaired) electrons. The Kier molecular flexibility index (Phi) is 6.85. The molecule has 2 saturated heterocycles. The van der Waals surface area contributed by atoms with Crippen LogP contribution in [0.3, 0.4) is 0 Å². The van der Waals surface area contributed by atoms with Crippen LogP contribution in [0.25, 0.3) is 0 Å². The average molecular weight is 500 g/mol. The lowest BCUT2D eigenvalue weighted by atomic mass is 9.95. The number of hydrogen-bond acceptors (Lipinski definition) is 5. The van der Waals surface area contributed by atoms with Gasteiger partial charge in [0.25, 0.3) is 0 Å². The molecule has 2 aliphatic heterocycles. The van der Waals surface area contributed by atoms with Gasteiger partial charge in [-0.1, -0.05) is 65.1 Å². The fraction of sp³-hybridized carbons (Fsp3) is 0.500. The molecule has 1 aromatic carbocycles. The fourth-order valence-electron chi connectivity index (χ4n) is 3.36. The van der Waals surface area contributed by atoms with E-state index < -0.39 is 38.6 Å². The molecule has 0 spiro atoms. The summed E-state index contributed by atoms with van der Waals surface area (Å²) in [6, 6.07) is 7.54. The lowest BCUT2D eigenvalue weighted by molar-refractivity contribution is -0.164. The molecule has 0 saturated carbocycles. The Balaban J connectivity index is 1.68. The lowest BCUT2D eigenvalue weighted by Gasteiger charge is -2.44. The molecule has 0 unspecified atom stereocenters. The number of carbonyl (C=O) groups is 3. The number of rotatable bonds is 6. The zero-order chi connectivity index (χ0) is 21.4. The van der Waals surface area contributed by atoms with E-state index in [0.717, 1.165) is 5.56 Å². The van der Waals surface area contributed by atoms with E-state index in [1.54, 1.807) is 6.92 Å². The Bertz CT molecular complexity index is 807. The molecule has 1 aromatic rings. The molecule has 2 aliphatic rings. The fourth-order valence-corrected chi connectivity index (χ4v) is 5.47. The van der Waals surface area contributed by atoms with E-state index >= 15 is 0 Å². The molecule has 2 fully saturated rings. The standard InChI is InChI=1S/C18H18Cl4N2O4S/c1-17(8-19)13(16(27)28-9-18(20,21)22)24-14(26)12(15(24)29-17)23-11(25)7-10-5-3-2-4-6-10/h2-6,12-13,15H,7-9H2,1H3,(H,23,25)/t12-,13+,15+,17+/m1/s1. The monoisotopic (exact) mass is 498 g/mol. The Morgan fingerprint density at radius 2 is 1.93 bits per heavy atom. The molecule has 0 aliphatic carbocycles. The number of benzene rings is 1. The SMILES string of the molecule is C[C@@]1(CCl)S[C@H]2[C@H](NC(=O)Cc3ccccc3)C(=O)N2[C@H]1C(=O)OCC(Cl)(Cl)Cl. The number of hydrogen-bond donors (Lipinski definition) is 1. The molecule has 3 rings (SSSR count). The maximum absolute atomic E-state index is 12.7. The number of halogens is 4. The number of alkyl halides is 4. The smallest absolute Gasteiger partial charge is 0.330 e. The molecule has 1 N–H and O–H groups in total. The van der Waals surface area contributed by atoms with E-state index in [1.165, 1.54) is 16.7 Å². The number of ether oxygens (including phenoxy) is 1. The second-order valence-electron chi connectivity index (χ2n) is 7.03. The molecule has 0 aromatic heterocycles. The van der Waals surface area contributed by atoms with Gasteiger partial charge >= 0.3 is 5.97 Å². The number of nitrogens with zero attached hydrogens (tertiary/aromatic N) is 1. The first-order valence-electron chi connectivity index (χ1n) is 8.68. The first kappa shape index (κ1) is 22.8. The summed E-state index contributed by atoms with van der Waals surface area (Å²) in [4.78, 5) is 39.1. The van der Waals surface area contributed by atoms with Gasteiger partial charge in [-0.2, -0.15) is 0 Å². The van der Waals surface area contributed by atoms with Crippen molar-refractivity contribution in [3.63, 3.8) is 0 Å². The summed E-state index contributed by atoms with van der Waals surface area (Å²) in [6.07, 6.45) is 0.156. The van der Waals surface area contributed by atoms with Gasteiger partial charge in [0, 0.05) is 5.88 Å². The van der Waals surface area contributed by atoms with Crippen LogP contribution >= 0.6 is 58.2 Å². The third kappa shape index (κ3) is 4.90. The van der Waals surface area contributed by atoms with Gasteiger partial charge < -0.3 is 15.0 Å². The zero-order valence-electron chi connectivity index (χ0n) is 15.2. The van der Waals surface area contributed by atoms with Crippen molar-refractivity contribution in [1.82, 2.24) is 10.2 Å². The van der Waals surface area contributed by atoms with Crippen LogP contribution in [-0.2, 0) is 25.5 Å². The lowest BCUT2D eigenvalue weighted by Crippen LogP contribution is -2.71. The maximum Gasteiger partial charge on any atom is 0.330 e. The quantitative estimate of drug-likeness (QED) is 0.370. The van der Waals surface area contributed by atoms with Crippen molar-refractivity contribution in [3.8, 4) is 0 Å². The molecule has 29 heavy (non-hydrogen) atoms. The molecule has 0 bridgehead atoms. The molecular weight excluding hydrogens is 482 g/mol. The van der Waals surface area contributed by atoms with E-state index in [2.05, 4.69) is 5.32 Å². The number of carbonyl (C=O) groups excluding carboxylic acids is 3. The van der Waals surface area contributed by atoms with Gasteiger partial charge in [-0.05, 0) is 12.5 Å². The van der Waals surface area contributed by atoms with E-state index in [4.69, 9.17) is 51.1 Å². The van der Waals surface area contributed by atoms with Crippen LogP contribution < -0.4 is 5.32 Å². The van der Waals surface area contributed by atoms with Gasteiger partial charge in [0.2, 0.25) is 15.6 Å². The highest BCUT2D eigenvalue weighted by molar-refractivity contribution is 8.01. The minimum Gasteiger partial charge on any atom is -0.460 e. The summed E-state index contributed by atoms with van der Waals surface area (Å²) in [5, 5.41) is 2.33. The van der Waals surface area contributed by atoms with Crippen molar-refractivity contribution in [2.75, 3.05) is 12.5 Å². The van der Waals surface area contributed by atoms with Gasteiger partial charge in [-0.25, -0.2) is 4.79 Å². The summed E-state index contributed by atoms with van der Waals surface area (Å²) in [7, 11) is 0. The molecule has 4 atom stereocenters. The number of nitrogens with one attached hydrogen (secondary N) is 1. The highest BCUT2D eigenvalue weighted by Crippen LogP contribution is 2.52. The number of fused-ring (bicyclic) bond motifs is 1. The van der Waals surface area contributed by atoms with Gasteiger partial charge in [0.1, 0.15) is 24.1 Å². The van der Waals surface area contributed by atoms with Gasteiger partial charge in [-0.3, -0.25) is 9.59 Å². The van der Waals surface area contributed by atoms with Crippen molar-refractivity contribution in [1.29, 1.82) is 0 Å². The Morgan fingerprint density at radius 3 is 2.52 bits per heavy atom. The van der Waals surface area contributed by atoms with Gasteiger partial charge in [-0.15, -0.1) is 23.4 Å². The third-order valence-corrected chi connectivity index (χ3v) is 7.40. The number of amides is 2. The molecule has 158 valence electrons. The second kappa shape index (κ2) is 8.71. The summed E-state index contributed by atoms with van der Waals surface area (Å²) in [5.74, 6) is -1.24. The normalized spacial score (nSPS) is 28.5. The zero-order valence-corrected chi connectivity index (χ0v) is 19.1. The summed E-state index contributed by atoms with van der Waals surface area (Å²) < 4.78 is 2.54. The van der Waals surface area contributed by atoms with Crippen LogP contribution in [0.2, 0.25) is 0 Å². The molecule has 2 amide bonds. The average Bonchev–Trinajstić information content (AvgIpc) is 2.95. The van der Waals surface area contributed by atoms with Crippen LogP contribution in [0.4, 0.5) is 0 Å². The summed E-state index contributed by atoms with van der Waals surface area (Å²) in [5.41, 5.74) is 0.839. The van der Waals surface area contributed by atoms with Crippen LogP contribution in [0, 0.1) is 0 Å². The number of β-lactam (4-membered cyclic amide) rings is 1. The Labute approximate surface area is 192 Å². The largest absolute Gasteiger partial charge is 0.460 e. The van der Waals surface area contributed by atoms with Crippen molar-refractivity contribution in [2.24, 2.45) is 0 Å². The number of thioether (sulfide) groups is 1. The van der Waals surface area contributed by atoms with Crippen LogP contribution in [0.5, 0.6) is 0 Å². The topological polar surface area (TPSA) is 75.7 Å². The molecular formula is C18H18Cl4N2O4S. The minimum atomic E-state index is -1.76. The van der Waals surface area contributed by atoms with E-state index in [1.807, 2.05) is 30.3 Å². The van der Waals surface area contributed by atoms with E-state index in [-0.39, 0.29) is 24.1 Å². The molecule has 2 heterocycles. The first-order valence-corrected chi connectivity index (χ1v) is 11.2. The Hall–Kier alpha value is -0.860. The predicted octanol–water partition coefficient (Wildman–Crippen LogP) is 2.91. The van der Waals surface area contributed by atoms with Crippen LogP contribution in [-0.4, -0.2) is 61.2 Å². The molecule has 6 nitrogen and oxygen atoms in total. The van der Waals surface area contributed by atoms with Crippen molar-refractivity contribution in [3.05, 3.63) is 35.9 Å². The molecule has 11 heteroatoms. The second-order valence-corrected chi connectivity index (χ2v) is 11.5. The Morgan fingerprint density at radius 1 is 1.28 bits per heavy atom. The number of esters is 1. The van der Waals surface area contributed by atoms with E-state index in [0.29, 0.717) is 0 Å².